The van der Waals surface area contributed by atoms with Crippen molar-refractivity contribution < 1.29 is 4.42 Å². The van der Waals surface area contributed by atoms with Gasteiger partial charge in [0.05, 0.1) is 12.5 Å². The van der Waals surface area contributed by atoms with Gasteiger partial charge < -0.3 is 9.73 Å². The second-order valence-corrected chi connectivity index (χ2v) is 6.86. The maximum atomic E-state index is 5.29. The molecule has 1 N–H and O–H groups in total. The van der Waals surface area contributed by atoms with Crippen LogP contribution in [0.15, 0.2) is 23.0 Å². The van der Waals surface area contributed by atoms with E-state index in [9.17, 15) is 0 Å². The molecule has 2 nitrogen and oxygen atoms in total. The summed E-state index contributed by atoms with van der Waals surface area (Å²) >= 11 is 0. The lowest BCUT2D eigenvalue weighted by Gasteiger charge is -2.41. The molecular formula is C16H27NO. The first-order chi connectivity index (χ1) is 8.52. The van der Waals surface area contributed by atoms with Gasteiger partial charge in [-0.05, 0) is 67.7 Å². The summed E-state index contributed by atoms with van der Waals surface area (Å²) in [6.07, 6.45) is 7.75. The van der Waals surface area contributed by atoms with Crippen molar-refractivity contribution >= 4 is 0 Å². The Kier molecular flexibility index (Phi) is 4.16. The fourth-order valence-electron chi connectivity index (χ4n) is 3.42. The number of hydrogen-bond donors (Lipinski definition) is 1. The summed E-state index contributed by atoms with van der Waals surface area (Å²) in [6, 6.07) is 2.15. The molecule has 1 heterocycles. The zero-order valence-corrected chi connectivity index (χ0v) is 12.2. The molecule has 0 bridgehead atoms. The second-order valence-electron chi connectivity index (χ2n) is 6.86. The summed E-state index contributed by atoms with van der Waals surface area (Å²) in [5.74, 6) is 2.24. The Hall–Kier alpha value is -0.760. The van der Waals surface area contributed by atoms with Crippen molar-refractivity contribution in [2.45, 2.75) is 46.0 Å². The Morgan fingerprint density at radius 3 is 2.67 bits per heavy atom. The molecule has 0 aliphatic heterocycles. The molecule has 1 aromatic rings. The first-order valence-electron chi connectivity index (χ1n) is 7.19. The minimum atomic E-state index is 0.423. The molecular weight excluding hydrogens is 222 g/mol. The molecule has 18 heavy (non-hydrogen) atoms. The van der Waals surface area contributed by atoms with Gasteiger partial charge in [0.25, 0.3) is 0 Å². The van der Waals surface area contributed by atoms with Gasteiger partial charge in [0.15, 0.2) is 0 Å². The van der Waals surface area contributed by atoms with Gasteiger partial charge in [0.2, 0.25) is 0 Å². The van der Waals surface area contributed by atoms with E-state index < -0.39 is 0 Å². The molecule has 1 aliphatic rings. The Morgan fingerprint density at radius 2 is 2.11 bits per heavy atom. The number of rotatable bonds is 3. The molecule has 1 aliphatic carbocycles. The van der Waals surface area contributed by atoms with Crippen LogP contribution in [0.5, 0.6) is 0 Å². The Morgan fingerprint density at radius 1 is 1.33 bits per heavy atom. The first kappa shape index (κ1) is 13.7. The van der Waals surface area contributed by atoms with Gasteiger partial charge in [-0.25, -0.2) is 0 Å². The van der Waals surface area contributed by atoms with Crippen LogP contribution in [0.1, 0.15) is 51.5 Å². The summed E-state index contributed by atoms with van der Waals surface area (Å²) in [5.41, 5.74) is 1.82. The first-order valence-corrected chi connectivity index (χ1v) is 7.19. The van der Waals surface area contributed by atoms with E-state index in [1.807, 2.05) is 12.5 Å². The minimum Gasteiger partial charge on any atom is -0.472 e. The molecule has 1 fully saturated rings. The van der Waals surface area contributed by atoms with E-state index in [1.54, 1.807) is 0 Å². The molecule has 1 saturated carbocycles. The largest absolute Gasteiger partial charge is 0.472 e. The normalized spacial score (nSPS) is 29.4. The van der Waals surface area contributed by atoms with Gasteiger partial charge in [0.1, 0.15) is 0 Å². The van der Waals surface area contributed by atoms with Gasteiger partial charge in [-0.1, -0.05) is 20.8 Å². The van der Waals surface area contributed by atoms with E-state index in [0.29, 0.717) is 11.3 Å². The van der Waals surface area contributed by atoms with Crippen molar-refractivity contribution in [3.05, 3.63) is 24.2 Å². The van der Waals surface area contributed by atoms with Crippen LogP contribution in [-0.2, 0) is 0 Å². The standard InChI is InChI=1S/C16H27NO/c1-16(2,3)14-6-5-12(10-17-4)15(9-14)13-7-8-18-11-13/h7-8,11-12,14-15,17H,5-6,9-10H2,1-4H3. The molecule has 3 unspecified atom stereocenters. The molecule has 2 heteroatoms. The summed E-state index contributed by atoms with van der Waals surface area (Å²) in [4.78, 5) is 0. The van der Waals surface area contributed by atoms with Crippen molar-refractivity contribution in [3.63, 3.8) is 0 Å². The molecule has 2 rings (SSSR count). The van der Waals surface area contributed by atoms with Gasteiger partial charge in [0, 0.05) is 0 Å². The zero-order valence-electron chi connectivity index (χ0n) is 12.2. The van der Waals surface area contributed by atoms with Crippen LogP contribution in [0, 0.1) is 17.3 Å². The lowest BCUT2D eigenvalue weighted by atomic mass is 9.64. The van der Waals surface area contributed by atoms with E-state index >= 15 is 0 Å². The van der Waals surface area contributed by atoms with Crippen molar-refractivity contribution in [1.82, 2.24) is 5.32 Å². The van der Waals surface area contributed by atoms with Gasteiger partial charge in [-0.2, -0.15) is 0 Å². The van der Waals surface area contributed by atoms with E-state index in [0.717, 1.165) is 18.4 Å². The predicted octanol–water partition coefficient (Wildman–Crippen LogP) is 4.05. The Balaban J connectivity index is 2.14. The molecule has 1 aromatic heterocycles. The molecule has 3 atom stereocenters. The van der Waals surface area contributed by atoms with E-state index in [-0.39, 0.29) is 0 Å². The van der Waals surface area contributed by atoms with Crippen LogP contribution in [-0.4, -0.2) is 13.6 Å². The van der Waals surface area contributed by atoms with E-state index in [2.05, 4.69) is 39.2 Å². The topological polar surface area (TPSA) is 25.2 Å². The van der Waals surface area contributed by atoms with Crippen LogP contribution in [0.2, 0.25) is 0 Å². The van der Waals surface area contributed by atoms with Crippen LogP contribution >= 0.6 is 0 Å². The van der Waals surface area contributed by atoms with Crippen molar-refractivity contribution in [2.75, 3.05) is 13.6 Å². The van der Waals surface area contributed by atoms with Crippen LogP contribution in [0.3, 0.4) is 0 Å². The average Bonchev–Trinajstić information content (AvgIpc) is 2.82. The van der Waals surface area contributed by atoms with E-state index in [1.165, 1.54) is 24.8 Å². The molecule has 102 valence electrons. The van der Waals surface area contributed by atoms with Crippen molar-refractivity contribution in [1.29, 1.82) is 0 Å². The molecule has 0 aromatic carbocycles. The predicted molar refractivity (Wildman–Crippen MR) is 75.7 cm³/mol. The summed E-state index contributed by atoms with van der Waals surface area (Å²) < 4.78 is 5.29. The van der Waals surface area contributed by atoms with Crippen molar-refractivity contribution in [2.24, 2.45) is 17.3 Å². The highest BCUT2D eigenvalue weighted by molar-refractivity contribution is 5.15. The number of hydrogen-bond acceptors (Lipinski definition) is 2. The maximum absolute atomic E-state index is 5.29. The fraction of sp³-hybridized carbons (Fsp3) is 0.750. The van der Waals surface area contributed by atoms with Crippen LogP contribution < -0.4 is 5.32 Å². The number of nitrogens with one attached hydrogen (secondary N) is 1. The molecule has 0 spiro atoms. The molecule has 0 saturated heterocycles. The number of furan rings is 1. The van der Waals surface area contributed by atoms with Crippen LogP contribution in [0.4, 0.5) is 0 Å². The van der Waals surface area contributed by atoms with E-state index in [4.69, 9.17) is 4.42 Å². The van der Waals surface area contributed by atoms with Gasteiger partial charge in [-0.3, -0.25) is 0 Å². The molecule has 0 radical (unpaired) electrons. The lowest BCUT2D eigenvalue weighted by molar-refractivity contribution is 0.130. The Bertz CT molecular complexity index is 350. The summed E-state index contributed by atoms with van der Waals surface area (Å²) in [5, 5.41) is 3.35. The monoisotopic (exact) mass is 249 g/mol. The quantitative estimate of drug-likeness (QED) is 0.874. The highest BCUT2D eigenvalue weighted by Crippen LogP contribution is 2.46. The minimum absolute atomic E-state index is 0.423. The highest BCUT2D eigenvalue weighted by Gasteiger charge is 2.36. The SMILES string of the molecule is CNCC1CCC(C(C)(C)C)CC1c1ccoc1. The average molecular weight is 249 g/mol. The van der Waals surface area contributed by atoms with Crippen LogP contribution in [0.25, 0.3) is 0 Å². The third kappa shape index (κ3) is 2.97. The highest BCUT2D eigenvalue weighted by atomic mass is 16.3. The smallest absolute Gasteiger partial charge is 0.0937 e. The Labute approximate surface area is 111 Å². The van der Waals surface area contributed by atoms with Gasteiger partial charge >= 0.3 is 0 Å². The maximum Gasteiger partial charge on any atom is 0.0937 e. The second kappa shape index (κ2) is 5.48. The summed E-state index contributed by atoms with van der Waals surface area (Å²) in [7, 11) is 2.06. The third-order valence-corrected chi connectivity index (χ3v) is 4.66. The zero-order chi connectivity index (χ0) is 13.2. The lowest BCUT2D eigenvalue weighted by Crippen LogP contribution is -2.34. The summed E-state index contributed by atoms with van der Waals surface area (Å²) in [6.45, 7) is 8.25. The third-order valence-electron chi connectivity index (χ3n) is 4.66. The molecule has 0 amide bonds. The van der Waals surface area contributed by atoms with Gasteiger partial charge in [-0.15, -0.1) is 0 Å². The van der Waals surface area contributed by atoms with Crippen molar-refractivity contribution in [3.8, 4) is 0 Å². The fourth-order valence-corrected chi connectivity index (χ4v) is 3.42.